The zero-order valence-electron chi connectivity index (χ0n) is 15.3. The standard InChI is InChI=1S/C22H29NO3/c24-14-11-17-9-12-23(13-10-17)15-18-5-7-19(8-6-18)22-16-25-20-3-1-2-4-21(20)26-22/h1-7,17,19,22,24H,8-16H2/t19?,22-/m1/s1. The van der Waals surface area contributed by atoms with Gasteiger partial charge in [-0.3, -0.25) is 4.90 Å². The van der Waals surface area contributed by atoms with E-state index in [4.69, 9.17) is 14.6 Å². The number of allylic oxidation sites excluding steroid dienone is 1. The van der Waals surface area contributed by atoms with Crippen LogP contribution in [0.3, 0.4) is 0 Å². The van der Waals surface area contributed by atoms with Gasteiger partial charge in [-0.05, 0) is 62.4 Å². The number of rotatable bonds is 5. The third-order valence-electron chi connectivity index (χ3n) is 5.87. The number of ether oxygens (including phenoxy) is 2. The van der Waals surface area contributed by atoms with Gasteiger partial charge in [-0.1, -0.05) is 30.4 Å². The van der Waals surface area contributed by atoms with Gasteiger partial charge in [0, 0.05) is 19.1 Å². The van der Waals surface area contributed by atoms with Crippen molar-refractivity contribution in [2.75, 3.05) is 32.8 Å². The maximum absolute atomic E-state index is 9.08. The number of hydrogen-bond acceptors (Lipinski definition) is 4. The molecule has 1 aliphatic carbocycles. The van der Waals surface area contributed by atoms with Crippen molar-refractivity contribution >= 4 is 0 Å². The van der Waals surface area contributed by atoms with Gasteiger partial charge in [-0.25, -0.2) is 0 Å². The molecule has 4 rings (SSSR count). The number of likely N-dealkylation sites (tertiary alicyclic amines) is 1. The summed E-state index contributed by atoms with van der Waals surface area (Å²) in [7, 11) is 0. The van der Waals surface area contributed by atoms with Crippen LogP contribution in [0.5, 0.6) is 11.5 Å². The number of para-hydroxylation sites is 2. The van der Waals surface area contributed by atoms with Gasteiger partial charge in [0.1, 0.15) is 12.7 Å². The van der Waals surface area contributed by atoms with Crippen LogP contribution in [0.2, 0.25) is 0 Å². The van der Waals surface area contributed by atoms with Crippen LogP contribution in [0, 0.1) is 11.8 Å². The summed E-state index contributed by atoms with van der Waals surface area (Å²) < 4.78 is 12.0. The maximum atomic E-state index is 9.08. The second-order valence-corrected chi connectivity index (χ2v) is 7.68. The maximum Gasteiger partial charge on any atom is 0.161 e. The highest BCUT2D eigenvalue weighted by molar-refractivity contribution is 5.41. The number of piperidine rings is 1. The minimum atomic E-state index is 0.0909. The Balaban J connectivity index is 1.26. The summed E-state index contributed by atoms with van der Waals surface area (Å²) in [5, 5.41) is 9.08. The molecule has 1 aromatic rings. The Morgan fingerprint density at radius 1 is 1.12 bits per heavy atom. The molecule has 1 aromatic carbocycles. The van der Waals surface area contributed by atoms with Gasteiger partial charge < -0.3 is 14.6 Å². The molecule has 2 atom stereocenters. The molecule has 0 aromatic heterocycles. The molecule has 3 aliphatic rings. The molecule has 0 saturated carbocycles. The molecule has 4 nitrogen and oxygen atoms in total. The lowest BCUT2D eigenvalue weighted by atomic mass is 9.90. The summed E-state index contributed by atoms with van der Waals surface area (Å²) in [4.78, 5) is 2.54. The summed E-state index contributed by atoms with van der Waals surface area (Å²) in [5.74, 6) is 2.80. The number of fused-ring (bicyclic) bond motifs is 1. The van der Waals surface area contributed by atoms with E-state index in [2.05, 4.69) is 23.1 Å². The van der Waals surface area contributed by atoms with E-state index in [-0.39, 0.29) is 6.10 Å². The molecule has 1 saturated heterocycles. The fourth-order valence-corrected chi connectivity index (χ4v) is 4.20. The lowest BCUT2D eigenvalue weighted by Gasteiger charge is -2.34. The molecule has 4 heteroatoms. The van der Waals surface area contributed by atoms with E-state index in [0.717, 1.165) is 44.0 Å². The average Bonchev–Trinajstić information content (AvgIpc) is 2.70. The molecule has 1 unspecified atom stereocenters. The first kappa shape index (κ1) is 17.6. The average molecular weight is 355 g/mol. The molecule has 1 N–H and O–H groups in total. The quantitative estimate of drug-likeness (QED) is 0.879. The SMILES string of the molecule is OCCC1CCN(CC2=CCC([C@H]3COc4ccccc4O3)C=C2)CC1. The first-order valence-electron chi connectivity index (χ1n) is 9.91. The van der Waals surface area contributed by atoms with Crippen molar-refractivity contribution < 1.29 is 14.6 Å². The van der Waals surface area contributed by atoms with Crippen molar-refractivity contribution in [2.24, 2.45) is 11.8 Å². The highest BCUT2D eigenvalue weighted by Crippen LogP contribution is 2.34. The van der Waals surface area contributed by atoms with Crippen molar-refractivity contribution in [1.82, 2.24) is 4.90 Å². The topological polar surface area (TPSA) is 41.9 Å². The van der Waals surface area contributed by atoms with Gasteiger partial charge in [-0.2, -0.15) is 0 Å². The first-order chi connectivity index (χ1) is 12.8. The molecule has 2 aliphatic heterocycles. The molecular weight excluding hydrogens is 326 g/mol. The van der Waals surface area contributed by atoms with E-state index in [1.165, 1.54) is 18.4 Å². The lowest BCUT2D eigenvalue weighted by molar-refractivity contribution is 0.0623. The Morgan fingerprint density at radius 2 is 1.92 bits per heavy atom. The van der Waals surface area contributed by atoms with E-state index in [1.54, 1.807) is 0 Å². The van der Waals surface area contributed by atoms with Crippen molar-refractivity contribution in [2.45, 2.75) is 31.8 Å². The fraction of sp³-hybridized carbons (Fsp3) is 0.545. The molecule has 0 spiro atoms. The zero-order valence-corrected chi connectivity index (χ0v) is 15.3. The Kier molecular flexibility index (Phi) is 5.61. The predicted molar refractivity (Wildman–Crippen MR) is 103 cm³/mol. The smallest absolute Gasteiger partial charge is 0.161 e. The third kappa shape index (κ3) is 4.13. The van der Waals surface area contributed by atoms with Gasteiger partial charge in [0.25, 0.3) is 0 Å². The van der Waals surface area contributed by atoms with E-state index in [0.29, 0.717) is 25.0 Å². The van der Waals surface area contributed by atoms with E-state index >= 15 is 0 Å². The van der Waals surface area contributed by atoms with E-state index < -0.39 is 0 Å². The Hall–Kier alpha value is -1.78. The number of aliphatic hydroxyl groups is 1. The second-order valence-electron chi connectivity index (χ2n) is 7.68. The van der Waals surface area contributed by atoms with Crippen LogP contribution < -0.4 is 9.47 Å². The van der Waals surface area contributed by atoms with Crippen molar-refractivity contribution in [1.29, 1.82) is 0 Å². The third-order valence-corrected chi connectivity index (χ3v) is 5.87. The first-order valence-corrected chi connectivity index (χ1v) is 9.91. The predicted octanol–water partition coefficient (Wildman–Crippen LogP) is 3.42. The Bertz CT molecular complexity index is 661. The van der Waals surface area contributed by atoms with Crippen molar-refractivity contribution in [3.8, 4) is 11.5 Å². The number of aliphatic hydroxyl groups excluding tert-OH is 1. The summed E-state index contributed by atoms with van der Waals surface area (Å²) in [6.07, 6.45) is 11.4. The second kappa shape index (κ2) is 8.28. The number of benzene rings is 1. The van der Waals surface area contributed by atoms with Crippen molar-refractivity contribution in [3.05, 3.63) is 48.1 Å². The van der Waals surface area contributed by atoms with E-state index in [9.17, 15) is 0 Å². The molecule has 1 fully saturated rings. The van der Waals surface area contributed by atoms with Gasteiger partial charge in [-0.15, -0.1) is 0 Å². The monoisotopic (exact) mass is 355 g/mol. The van der Waals surface area contributed by atoms with Crippen LogP contribution in [0.4, 0.5) is 0 Å². The highest BCUT2D eigenvalue weighted by Gasteiger charge is 2.28. The minimum Gasteiger partial charge on any atom is -0.486 e. The van der Waals surface area contributed by atoms with Gasteiger partial charge >= 0.3 is 0 Å². The highest BCUT2D eigenvalue weighted by atomic mass is 16.6. The van der Waals surface area contributed by atoms with Gasteiger partial charge in [0.15, 0.2) is 11.5 Å². The molecule has 26 heavy (non-hydrogen) atoms. The summed E-state index contributed by atoms with van der Waals surface area (Å²) in [5.41, 5.74) is 1.42. The molecule has 140 valence electrons. The van der Waals surface area contributed by atoms with Gasteiger partial charge in [0.2, 0.25) is 0 Å². The van der Waals surface area contributed by atoms with Crippen LogP contribution in [0.15, 0.2) is 48.1 Å². The minimum absolute atomic E-state index is 0.0909. The molecular formula is C22H29NO3. The summed E-state index contributed by atoms with van der Waals surface area (Å²) >= 11 is 0. The molecule has 2 heterocycles. The summed E-state index contributed by atoms with van der Waals surface area (Å²) in [6.45, 7) is 4.29. The molecule has 0 amide bonds. The van der Waals surface area contributed by atoms with Gasteiger partial charge in [0.05, 0.1) is 0 Å². The zero-order chi connectivity index (χ0) is 17.8. The Labute approximate surface area is 156 Å². The largest absolute Gasteiger partial charge is 0.486 e. The molecule has 0 radical (unpaired) electrons. The number of hydrogen-bond donors (Lipinski definition) is 1. The van der Waals surface area contributed by atoms with Crippen LogP contribution in [-0.2, 0) is 0 Å². The fourth-order valence-electron chi connectivity index (χ4n) is 4.20. The van der Waals surface area contributed by atoms with E-state index in [1.807, 2.05) is 24.3 Å². The normalized spacial score (nSPS) is 26.6. The number of nitrogens with zero attached hydrogens (tertiary/aromatic N) is 1. The van der Waals surface area contributed by atoms with Crippen LogP contribution in [0.25, 0.3) is 0 Å². The lowest BCUT2D eigenvalue weighted by Crippen LogP contribution is -2.37. The summed E-state index contributed by atoms with van der Waals surface area (Å²) in [6, 6.07) is 7.91. The van der Waals surface area contributed by atoms with Crippen LogP contribution >= 0.6 is 0 Å². The molecule has 0 bridgehead atoms. The van der Waals surface area contributed by atoms with Crippen LogP contribution in [0.1, 0.15) is 25.7 Å². The Morgan fingerprint density at radius 3 is 2.65 bits per heavy atom. The van der Waals surface area contributed by atoms with Crippen molar-refractivity contribution in [3.63, 3.8) is 0 Å². The van der Waals surface area contributed by atoms with Crippen LogP contribution in [-0.4, -0.2) is 49.0 Å².